The lowest BCUT2D eigenvalue weighted by Gasteiger charge is -2.22. The van der Waals surface area contributed by atoms with Crippen LogP contribution in [0.5, 0.6) is 0 Å². The number of aromatic amines is 1. The summed E-state index contributed by atoms with van der Waals surface area (Å²) < 4.78 is 1.35. The van der Waals surface area contributed by atoms with Gasteiger partial charge in [0, 0.05) is 43.2 Å². The molecular formula is C19H23N5O2. The quantitative estimate of drug-likeness (QED) is 0.660. The van der Waals surface area contributed by atoms with Crippen LogP contribution in [0.4, 0.5) is 0 Å². The minimum absolute atomic E-state index is 0.0222. The summed E-state index contributed by atoms with van der Waals surface area (Å²) in [5.41, 5.74) is 8.14. The Hall–Kier alpha value is -2.93. The zero-order valence-corrected chi connectivity index (χ0v) is 14.8. The molecule has 1 aromatic carbocycles. The maximum absolute atomic E-state index is 12.8. The molecule has 0 saturated carbocycles. The Morgan fingerprint density at radius 1 is 1.23 bits per heavy atom. The topological polar surface area (TPSA) is 96.5 Å². The molecule has 0 saturated heterocycles. The van der Waals surface area contributed by atoms with Crippen LogP contribution in [-0.4, -0.2) is 45.0 Å². The molecule has 0 atom stereocenters. The number of rotatable bonds is 7. The number of aromatic nitrogens is 3. The third kappa shape index (κ3) is 3.83. The van der Waals surface area contributed by atoms with Crippen molar-refractivity contribution in [1.29, 1.82) is 0 Å². The normalized spacial score (nSPS) is 11.0. The SMILES string of the molecule is Cc1nc2cc[nH]n2c(=O)c1CC(=O)N(CCN)CCc1ccccc1. The Morgan fingerprint density at radius 3 is 2.73 bits per heavy atom. The summed E-state index contributed by atoms with van der Waals surface area (Å²) in [4.78, 5) is 31.5. The van der Waals surface area contributed by atoms with E-state index in [9.17, 15) is 9.59 Å². The highest BCUT2D eigenvalue weighted by molar-refractivity contribution is 5.79. The highest BCUT2D eigenvalue weighted by Crippen LogP contribution is 2.07. The highest BCUT2D eigenvalue weighted by atomic mass is 16.2. The Bertz CT molecular complexity index is 945. The highest BCUT2D eigenvalue weighted by Gasteiger charge is 2.18. The van der Waals surface area contributed by atoms with E-state index in [1.807, 2.05) is 30.3 Å². The summed E-state index contributed by atoms with van der Waals surface area (Å²) in [5, 5.41) is 2.83. The molecule has 26 heavy (non-hydrogen) atoms. The van der Waals surface area contributed by atoms with E-state index >= 15 is 0 Å². The number of nitrogens with zero attached hydrogens (tertiary/aromatic N) is 3. The molecule has 0 aliphatic heterocycles. The van der Waals surface area contributed by atoms with Crippen molar-refractivity contribution < 1.29 is 4.79 Å². The predicted molar refractivity (Wildman–Crippen MR) is 100 cm³/mol. The van der Waals surface area contributed by atoms with Gasteiger partial charge in [0.1, 0.15) is 0 Å². The molecule has 0 spiro atoms. The first-order valence-electron chi connectivity index (χ1n) is 8.67. The van der Waals surface area contributed by atoms with Crippen molar-refractivity contribution in [2.75, 3.05) is 19.6 Å². The molecule has 3 N–H and O–H groups in total. The molecule has 0 unspecified atom stereocenters. The molecule has 136 valence electrons. The molecular weight excluding hydrogens is 330 g/mol. The van der Waals surface area contributed by atoms with Gasteiger partial charge < -0.3 is 10.6 Å². The summed E-state index contributed by atoms with van der Waals surface area (Å²) in [7, 11) is 0. The predicted octanol–water partition coefficient (Wildman–Crippen LogP) is 0.904. The lowest BCUT2D eigenvalue weighted by atomic mass is 10.1. The van der Waals surface area contributed by atoms with Gasteiger partial charge in [-0.2, -0.15) is 0 Å². The zero-order valence-electron chi connectivity index (χ0n) is 14.8. The van der Waals surface area contributed by atoms with Gasteiger partial charge in [0.25, 0.3) is 5.56 Å². The van der Waals surface area contributed by atoms with Crippen LogP contribution in [0.1, 0.15) is 16.8 Å². The Labute approximate surface area is 151 Å². The summed E-state index contributed by atoms with van der Waals surface area (Å²) >= 11 is 0. The first-order chi connectivity index (χ1) is 12.6. The number of carbonyl (C=O) groups excluding carboxylic acids is 1. The average Bonchev–Trinajstić information content (AvgIpc) is 3.11. The Balaban J connectivity index is 1.76. The van der Waals surface area contributed by atoms with Crippen LogP contribution in [0.25, 0.3) is 5.65 Å². The minimum atomic E-state index is -0.235. The Morgan fingerprint density at radius 2 is 2.00 bits per heavy atom. The van der Waals surface area contributed by atoms with Crippen LogP contribution in [-0.2, 0) is 17.6 Å². The molecule has 0 radical (unpaired) electrons. The first kappa shape index (κ1) is 17.9. The smallest absolute Gasteiger partial charge is 0.276 e. The Kier molecular flexibility index (Phi) is 5.48. The van der Waals surface area contributed by atoms with Crippen molar-refractivity contribution in [3.8, 4) is 0 Å². The molecule has 3 rings (SSSR count). The first-order valence-corrected chi connectivity index (χ1v) is 8.67. The van der Waals surface area contributed by atoms with E-state index in [0.29, 0.717) is 36.5 Å². The molecule has 3 aromatic rings. The molecule has 0 aliphatic carbocycles. The van der Waals surface area contributed by atoms with Gasteiger partial charge in [-0.1, -0.05) is 30.3 Å². The number of aryl methyl sites for hydroxylation is 1. The largest absolute Gasteiger partial charge is 0.341 e. The number of hydrogen-bond acceptors (Lipinski definition) is 4. The van der Waals surface area contributed by atoms with E-state index in [2.05, 4.69) is 10.1 Å². The number of benzene rings is 1. The van der Waals surface area contributed by atoms with E-state index < -0.39 is 0 Å². The number of hydrogen-bond donors (Lipinski definition) is 2. The average molecular weight is 353 g/mol. The van der Waals surface area contributed by atoms with Crippen LogP contribution in [0.3, 0.4) is 0 Å². The summed E-state index contributed by atoms with van der Waals surface area (Å²) in [6, 6.07) is 11.7. The second-order valence-corrected chi connectivity index (χ2v) is 6.22. The van der Waals surface area contributed by atoms with E-state index in [-0.39, 0.29) is 17.9 Å². The number of carbonyl (C=O) groups is 1. The van der Waals surface area contributed by atoms with Crippen molar-refractivity contribution in [3.63, 3.8) is 0 Å². The molecule has 0 bridgehead atoms. The fourth-order valence-corrected chi connectivity index (χ4v) is 3.00. The van der Waals surface area contributed by atoms with Gasteiger partial charge in [0.2, 0.25) is 5.91 Å². The van der Waals surface area contributed by atoms with Gasteiger partial charge in [-0.25, -0.2) is 9.50 Å². The molecule has 1 amide bonds. The number of nitrogens with one attached hydrogen (secondary N) is 1. The van der Waals surface area contributed by atoms with E-state index in [0.717, 1.165) is 12.0 Å². The summed E-state index contributed by atoms with van der Waals surface area (Å²) in [5.74, 6) is -0.111. The maximum Gasteiger partial charge on any atom is 0.276 e. The summed E-state index contributed by atoms with van der Waals surface area (Å²) in [6.07, 6.45) is 2.42. The molecule has 2 heterocycles. The molecule has 7 heteroatoms. The number of fused-ring (bicyclic) bond motifs is 1. The maximum atomic E-state index is 12.8. The van der Waals surface area contributed by atoms with Gasteiger partial charge >= 0.3 is 0 Å². The van der Waals surface area contributed by atoms with Crippen LogP contribution in [0, 0.1) is 6.92 Å². The van der Waals surface area contributed by atoms with E-state index in [1.165, 1.54) is 4.52 Å². The third-order valence-corrected chi connectivity index (χ3v) is 4.44. The lowest BCUT2D eigenvalue weighted by molar-refractivity contribution is -0.130. The monoisotopic (exact) mass is 353 g/mol. The van der Waals surface area contributed by atoms with Gasteiger partial charge in [-0.05, 0) is 18.9 Å². The number of nitrogens with two attached hydrogens (primary N) is 1. The van der Waals surface area contributed by atoms with Crippen LogP contribution in [0.15, 0.2) is 47.4 Å². The third-order valence-electron chi connectivity index (χ3n) is 4.44. The number of amides is 1. The van der Waals surface area contributed by atoms with E-state index in [4.69, 9.17) is 5.73 Å². The second-order valence-electron chi connectivity index (χ2n) is 6.22. The van der Waals surface area contributed by atoms with Gasteiger partial charge in [0.05, 0.1) is 6.42 Å². The minimum Gasteiger partial charge on any atom is -0.341 e. The molecule has 2 aromatic heterocycles. The lowest BCUT2D eigenvalue weighted by Crippen LogP contribution is -2.39. The summed E-state index contributed by atoms with van der Waals surface area (Å²) in [6.45, 7) is 3.17. The van der Waals surface area contributed by atoms with Crippen molar-refractivity contribution in [1.82, 2.24) is 19.5 Å². The van der Waals surface area contributed by atoms with Crippen molar-refractivity contribution >= 4 is 11.6 Å². The van der Waals surface area contributed by atoms with Crippen molar-refractivity contribution in [2.24, 2.45) is 5.73 Å². The number of H-pyrrole nitrogens is 1. The molecule has 7 nitrogen and oxygen atoms in total. The standard InChI is InChI=1S/C19H23N5O2/c1-14-16(19(26)24-17(22-14)7-10-21-24)13-18(25)23(12-9-20)11-8-15-5-3-2-4-6-15/h2-7,10,21H,8-9,11-13,20H2,1H3. The van der Waals surface area contributed by atoms with Gasteiger partial charge in [0.15, 0.2) is 5.65 Å². The fraction of sp³-hybridized carbons (Fsp3) is 0.316. The van der Waals surface area contributed by atoms with Crippen LogP contribution >= 0.6 is 0 Å². The van der Waals surface area contributed by atoms with Crippen molar-refractivity contribution in [3.05, 3.63) is 69.8 Å². The fourth-order valence-electron chi connectivity index (χ4n) is 3.00. The van der Waals surface area contributed by atoms with Crippen LogP contribution in [0.2, 0.25) is 0 Å². The van der Waals surface area contributed by atoms with E-state index in [1.54, 1.807) is 24.1 Å². The van der Waals surface area contributed by atoms with Crippen LogP contribution < -0.4 is 11.3 Å². The van der Waals surface area contributed by atoms with Gasteiger partial charge in [-0.3, -0.25) is 14.7 Å². The van der Waals surface area contributed by atoms with Gasteiger partial charge in [-0.15, -0.1) is 0 Å². The molecule has 0 aliphatic rings. The second kappa shape index (κ2) is 7.97. The molecule has 0 fully saturated rings. The zero-order chi connectivity index (χ0) is 18.5. The van der Waals surface area contributed by atoms with Crippen molar-refractivity contribution in [2.45, 2.75) is 19.8 Å².